The number of aliphatic carboxylic acids is 1. The molecule has 2 amide bonds. The van der Waals surface area contributed by atoms with Gasteiger partial charge < -0.3 is 26.0 Å². The van der Waals surface area contributed by atoms with Gasteiger partial charge >= 0.3 is 5.97 Å². The topological polar surface area (TPSA) is 188 Å². The molecule has 2 aliphatic heterocycles. The first kappa shape index (κ1) is 22.7. The van der Waals surface area contributed by atoms with Crippen molar-refractivity contribution < 1.29 is 37.8 Å². The Bertz CT molecular complexity index is 1090. The number of hydrogen-bond acceptors (Lipinski definition) is 9. The number of hydrogen-bond donors (Lipinski definition) is 5. The number of nitrogens with zero attached hydrogens (tertiary/aromatic N) is 1. The fraction of sp³-hybridized carbons (Fsp3) is 0.353. The van der Waals surface area contributed by atoms with Gasteiger partial charge in [-0.05, 0) is 17.7 Å². The standard InChI is InChI=1S/C17H20N4O8S2/c1-29-10-6-30-16-12(15(24)21(16)13(10)17(25)26)19-14(23)11(18)7-3-4-9(22)8(5-7)20-31(2,27)28/h3-5,11-12,16,20,22H,6,18H2,1-2H3,(H,19,23)(H,25,26)/t11-,12-,16-/m1/s1. The maximum atomic E-state index is 12.6. The van der Waals surface area contributed by atoms with E-state index in [1.807, 2.05) is 0 Å². The van der Waals surface area contributed by atoms with Gasteiger partial charge in [0.05, 0.1) is 24.8 Å². The number of benzene rings is 1. The van der Waals surface area contributed by atoms with Crippen LogP contribution in [0.2, 0.25) is 0 Å². The van der Waals surface area contributed by atoms with Crippen LogP contribution in [0.15, 0.2) is 29.7 Å². The number of thioether (sulfide) groups is 1. The first-order chi connectivity index (χ1) is 14.4. The molecule has 14 heteroatoms. The van der Waals surface area contributed by atoms with Gasteiger partial charge in [0, 0.05) is 0 Å². The van der Waals surface area contributed by atoms with Crippen LogP contribution in [0.1, 0.15) is 11.6 Å². The number of ether oxygens (including phenoxy) is 1. The number of aromatic hydroxyl groups is 1. The zero-order chi connectivity index (χ0) is 23.1. The van der Waals surface area contributed by atoms with Crippen molar-refractivity contribution in [1.82, 2.24) is 10.2 Å². The number of carboxylic acids is 1. The second-order valence-corrected chi connectivity index (χ2v) is 9.66. The van der Waals surface area contributed by atoms with E-state index in [0.29, 0.717) is 0 Å². The monoisotopic (exact) mass is 472 g/mol. The largest absolute Gasteiger partial charge is 0.506 e. The van der Waals surface area contributed by atoms with Crippen LogP contribution in [0.5, 0.6) is 5.75 Å². The van der Waals surface area contributed by atoms with Gasteiger partial charge in [-0.1, -0.05) is 6.07 Å². The van der Waals surface area contributed by atoms with E-state index in [9.17, 15) is 33.0 Å². The number of rotatable bonds is 7. The zero-order valence-electron chi connectivity index (χ0n) is 16.4. The molecule has 6 N–H and O–H groups in total. The van der Waals surface area contributed by atoms with Crippen molar-refractivity contribution in [2.75, 3.05) is 23.8 Å². The van der Waals surface area contributed by atoms with Crippen LogP contribution in [0.25, 0.3) is 0 Å². The van der Waals surface area contributed by atoms with Crippen LogP contribution in [0.3, 0.4) is 0 Å². The summed E-state index contributed by atoms with van der Waals surface area (Å²) in [6.45, 7) is 0. The Morgan fingerprint density at radius 1 is 1.39 bits per heavy atom. The summed E-state index contributed by atoms with van der Waals surface area (Å²) >= 11 is 1.23. The first-order valence-corrected chi connectivity index (χ1v) is 11.7. The highest BCUT2D eigenvalue weighted by Gasteiger charge is 2.55. The lowest BCUT2D eigenvalue weighted by Gasteiger charge is -2.49. The Hall–Kier alpha value is -2.97. The molecule has 0 bridgehead atoms. The lowest BCUT2D eigenvalue weighted by atomic mass is 10.0. The number of phenolic OH excluding ortho intramolecular Hbond substituents is 1. The molecule has 0 saturated carbocycles. The van der Waals surface area contributed by atoms with Crippen LogP contribution >= 0.6 is 11.8 Å². The summed E-state index contributed by atoms with van der Waals surface area (Å²) in [4.78, 5) is 37.7. The quantitative estimate of drug-likeness (QED) is 0.246. The number of fused-ring (bicyclic) bond motifs is 1. The van der Waals surface area contributed by atoms with E-state index in [-0.39, 0.29) is 34.2 Å². The fourth-order valence-electron chi connectivity index (χ4n) is 3.17. The third-order valence-corrected chi connectivity index (χ3v) is 6.48. The average molecular weight is 473 g/mol. The number of amides is 2. The SMILES string of the molecule is COC1=C(C(=O)O)N2C(=O)[C@@H](NC(=O)[C@H](N)c3ccc(O)c(NS(C)(=O)=O)c3)[C@H]2SC1. The molecular formula is C17H20N4O8S2. The van der Waals surface area contributed by atoms with E-state index in [4.69, 9.17) is 10.5 Å². The number of β-lactam (4-membered cyclic amide) rings is 1. The van der Waals surface area contributed by atoms with Crippen molar-refractivity contribution in [3.05, 3.63) is 35.2 Å². The number of carbonyl (C=O) groups excluding carboxylic acids is 2. The Kier molecular flexibility index (Phi) is 6.07. The maximum Gasteiger partial charge on any atom is 0.356 e. The number of anilines is 1. The minimum atomic E-state index is -3.68. The summed E-state index contributed by atoms with van der Waals surface area (Å²) in [5, 5.41) is 21.1. The van der Waals surface area contributed by atoms with Gasteiger partial charge in [-0.15, -0.1) is 11.8 Å². The number of nitrogens with two attached hydrogens (primary N) is 1. The molecule has 2 aliphatic rings. The molecule has 168 valence electrons. The molecule has 1 aromatic carbocycles. The summed E-state index contributed by atoms with van der Waals surface area (Å²) in [6.07, 6.45) is 0.899. The molecule has 3 atom stereocenters. The molecule has 1 saturated heterocycles. The van der Waals surface area contributed by atoms with Crippen molar-refractivity contribution in [1.29, 1.82) is 0 Å². The predicted molar refractivity (Wildman–Crippen MR) is 110 cm³/mol. The van der Waals surface area contributed by atoms with Gasteiger partial charge in [-0.3, -0.25) is 19.2 Å². The zero-order valence-corrected chi connectivity index (χ0v) is 18.0. The van der Waals surface area contributed by atoms with E-state index >= 15 is 0 Å². The van der Waals surface area contributed by atoms with Crippen molar-refractivity contribution >= 4 is 45.3 Å². The highest BCUT2D eigenvalue weighted by molar-refractivity contribution is 8.00. The van der Waals surface area contributed by atoms with Crippen LogP contribution in [0, 0.1) is 0 Å². The number of carboxylic acid groups (broad SMARTS) is 1. The number of methoxy groups -OCH3 is 1. The number of nitrogens with one attached hydrogen (secondary N) is 2. The minimum absolute atomic E-state index is 0.151. The van der Waals surface area contributed by atoms with Crippen molar-refractivity contribution in [3.63, 3.8) is 0 Å². The molecular weight excluding hydrogens is 452 g/mol. The number of phenols is 1. The van der Waals surface area contributed by atoms with Crippen molar-refractivity contribution in [2.45, 2.75) is 17.5 Å². The fourth-order valence-corrected chi connectivity index (χ4v) is 5.05. The van der Waals surface area contributed by atoms with Gasteiger partial charge in [0.25, 0.3) is 5.91 Å². The van der Waals surface area contributed by atoms with Crippen LogP contribution in [-0.2, 0) is 29.1 Å². The van der Waals surface area contributed by atoms with Gasteiger partial charge in [0.2, 0.25) is 15.9 Å². The Labute approximate surface area is 181 Å². The molecule has 0 radical (unpaired) electrons. The minimum Gasteiger partial charge on any atom is -0.506 e. The molecule has 0 aliphatic carbocycles. The highest BCUT2D eigenvalue weighted by Crippen LogP contribution is 2.40. The van der Waals surface area contributed by atoms with E-state index in [0.717, 1.165) is 11.2 Å². The summed E-state index contributed by atoms with van der Waals surface area (Å²) in [7, 11) is -2.37. The van der Waals surface area contributed by atoms with Gasteiger partial charge in [-0.2, -0.15) is 0 Å². The number of sulfonamides is 1. The summed E-state index contributed by atoms with van der Waals surface area (Å²) in [5.74, 6) is -2.65. The van der Waals surface area contributed by atoms with Crippen LogP contribution in [0.4, 0.5) is 5.69 Å². The van der Waals surface area contributed by atoms with Gasteiger partial charge in [0.15, 0.2) is 5.70 Å². The Morgan fingerprint density at radius 3 is 2.65 bits per heavy atom. The molecule has 1 fully saturated rings. The van der Waals surface area contributed by atoms with Gasteiger partial charge in [-0.25, -0.2) is 13.2 Å². The summed E-state index contributed by atoms with van der Waals surface area (Å²) in [5.41, 5.74) is 5.73. The second-order valence-electron chi connectivity index (χ2n) is 6.81. The van der Waals surface area contributed by atoms with E-state index in [1.165, 1.54) is 37.1 Å². The highest BCUT2D eigenvalue weighted by atomic mass is 32.2. The Morgan fingerprint density at radius 2 is 2.06 bits per heavy atom. The maximum absolute atomic E-state index is 12.6. The van der Waals surface area contributed by atoms with E-state index in [2.05, 4.69) is 10.0 Å². The summed E-state index contributed by atoms with van der Waals surface area (Å²) in [6, 6.07) is 1.47. The van der Waals surface area contributed by atoms with Gasteiger partial charge in [0.1, 0.15) is 29.0 Å². The predicted octanol–water partition coefficient (Wildman–Crippen LogP) is -0.894. The molecule has 1 aromatic rings. The lowest BCUT2D eigenvalue weighted by molar-refractivity contribution is -0.151. The molecule has 3 rings (SSSR count). The van der Waals surface area contributed by atoms with E-state index < -0.39 is 45.3 Å². The van der Waals surface area contributed by atoms with E-state index in [1.54, 1.807) is 0 Å². The number of carbonyl (C=O) groups is 3. The molecule has 0 unspecified atom stereocenters. The molecule has 31 heavy (non-hydrogen) atoms. The second kappa shape index (κ2) is 8.28. The summed E-state index contributed by atoms with van der Waals surface area (Å²) < 4.78 is 30.0. The van der Waals surface area contributed by atoms with Crippen molar-refractivity contribution in [3.8, 4) is 5.75 Å². The van der Waals surface area contributed by atoms with Crippen molar-refractivity contribution in [2.24, 2.45) is 5.73 Å². The normalized spacial score (nSPS) is 21.6. The lowest BCUT2D eigenvalue weighted by Crippen LogP contribution is -2.71. The average Bonchev–Trinajstić information content (AvgIpc) is 2.70. The Balaban J connectivity index is 1.75. The third-order valence-electron chi connectivity index (χ3n) is 4.64. The first-order valence-electron chi connectivity index (χ1n) is 8.76. The molecule has 0 aromatic heterocycles. The van der Waals surface area contributed by atoms with Crippen LogP contribution < -0.4 is 15.8 Å². The molecule has 2 heterocycles. The smallest absolute Gasteiger partial charge is 0.356 e. The molecule has 0 spiro atoms. The van der Waals surface area contributed by atoms with Crippen LogP contribution in [-0.4, -0.2) is 71.8 Å². The molecule has 12 nitrogen and oxygen atoms in total. The third kappa shape index (κ3) is 4.40.